The maximum atomic E-state index is 10.5. The lowest BCUT2D eigenvalue weighted by Gasteiger charge is -2.63. The Morgan fingerprint density at radius 2 is 1.68 bits per heavy atom. The van der Waals surface area contributed by atoms with Crippen LogP contribution in [0.25, 0.3) is 0 Å². The summed E-state index contributed by atoms with van der Waals surface area (Å²) in [6.45, 7) is 16.0. The molecule has 3 N–H and O–H groups in total. The lowest BCUT2D eigenvalue weighted by molar-refractivity contribution is -0.142. The Morgan fingerprint density at radius 1 is 1.00 bits per heavy atom. The summed E-state index contributed by atoms with van der Waals surface area (Å²) < 4.78 is 0. The van der Waals surface area contributed by atoms with E-state index in [0.717, 1.165) is 49.4 Å². The monoisotopic (exact) mass is 431 g/mol. The van der Waals surface area contributed by atoms with E-state index in [4.69, 9.17) is 0 Å². The van der Waals surface area contributed by atoms with Crippen molar-refractivity contribution >= 4 is 0 Å². The fourth-order valence-corrected chi connectivity index (χ4v) is 9.42. The SMILES string of the molecule is C=C(O)CC[C@@H](C)[C@H]1CC[C@H]2[C@@H]3C(NC(C)C)C[C@@H]4C[C@H](O)CC[C@]4(C)[C@H]3CC[C@]12C. The molecule has 4 fully saturated rings. The topological polar surface area (TPSA) is 52.5 Å². The van der Waals surface area contributed by atoms with Crippen LogP contribution in [0.5, 0.6) is 0 Å². The Labute approximate surface area is 191 Å². The second kappa shape index (κ2) is 8.67. The summed E-state index contributed by atoms with van der Waals surface area (Å²) >= 11 is 0. The van der Waals surface area contributed by atoms with Gasteiger partial charge in [0.1, 0.15) is 0 Å². The van der Waals surface area contributed by atoms with Crippen molar-refractivity contribution in [2.24, 2.45) is 46.3 Å². The van der Waals surface area contributed by atoms with Gasteiger partial charge in [-0.05, 0) is 104 Å². The highest BCUT2D eigenvalue weighted by Gasteiger charge is 2.62. The molecule has 0 bridgehead atoms. The molecule has 0 aromatic carbocycles. The first kappa shape index (κ1) is 23.6. The number of hydrogen-bond acceptors (Lipinski definition) is 3. The van der Waals surface area contributed by atoms with E-state index in [1.165, 1.54) is 38.5 Å². The molecule has 0 saturated heterocycles. The normalized spacial score (nSPS) is 48.0. The summed E-state index contributed by atoms with van der Waals surface area (Å²) in [7, 11) is 0. The van der Waals surface area contributed by atoms with Crippen molar-refractivity contribution in [3.05, 3.63) is 12.3 Å². The summed E-state index contributed by atoms with van der Waals surface area (Å²) in [5.74, 6) is 4.85. The summed E-state index contributed by atoms with van der Waals surface area (Å²) in [4.78, 5) is 0. The second-order valence-corrected chi connectivity index (χ2v) is 12.9. The Hall–Kier alpha value is -0.540. The number of aliphatic hydroxyl groups excluding tert-OH is 2. The van der Waals surface area contributed by atoms with Gasteiger partial charge in [-0.3, -0.25) is 0 Å². The molecular formula is C28H49NO2. The Morgan fingerprint density at radius 3 is 2.35 bits per heavy atom. The van der Waals surface area contributed by atoms with Crippen LogP contribution in [0.3, 0.4) is 0 Å². The summed E-state index contributed by atoms with van der Waals surface area (Å²) in [6, 6.07) is 1.12. The summed E-state index contributed by atoms with van der Waals surface area (Å²) in [5.41, 5.74) is 0.852. The van der Waals surface area contributed by atoms with E-state index in [-0.39, 0.29) is 6.10 Å². The van der Waals surface area contributed by atoms with Gasteiger partial charge in [-0.25, -0.2) is 0 Å². The fourth-order valence-electron chi connectivity index (χ4n) is 9.42. The van der Waals surface area contributed by atoms with Crippen LogP contribution >= 0.6 is 0 Å². The molecule has 3 nitrogen and oxygen atoms in total. The van der Waals surface area contributed by atoms with E-state index in [1.807, 2.05) is 0 Å². The Bertz CT molecular complexity index is 661. The van der Waals surface area contributed by atoms with E-state index in [0.29, 0.717) is 40.5 Å². The van der Waals surface area contributed by atoms with Gasteiger partial charge >= 0.3 is 0 Å². The molecule has 0 aromatic rings. The van der Waals surface area contributed by atoms with Gasteiger partial charge in [0, 0.05) is 18.5 Å². The molecule has 4 aliphatic rings. The van der Waals surface area contributed by atoms with Crippen LogP contribution in [0.4, 0.5) is 0 Å². The van der Waals surface area contributed by atoms with Gasteiger partial charge < -0.3 is 15.5 Å². The average molecular weight is 432 g/mol. The second-order valence-electron chi connectivity index (χ2n) is 12.9. The molecule has 0 spiro atoms. The van der Waals surface area contributed by atoms with Gasteiger partial charge in [0.05, 0.1) is 11.9 Å². The minimum atomic E-state index is -0.0823. The summed E-state index contributed by atoms with van der Waals surface area (Å²) in [5, 5.41) is 24.1. The predicted molar refractivity (Wildman–Crippen MR) is 129 cm³/mol. The smallest absolute Gasteiger partial charge is 0.0851 e. The molecule has 4 rings (SSSR count). The zero-order chi connectivity index (χ0) is 22.6. The highest BCUT2D eigenvalue weighted by atomic mass is 16.3. The van der Waals surface area contributed by atoms with Gasteiger partial charge in [-0.2, -0.15) is 0 Å². The highest BCUT2D eigenvalue weighted by molar-refractivity contribution is 5.13. The van der Waals surface area contributed by atoms with Crippen molar-refractivity contribution in [3.63, 3.8) is 0 Å². The van der Waals surface area contributed by atoms with E-state index in [1.54, 1.807) is 0 Å². The number of aliphatic hydroxyl groups is 2. The molecule has 178 valence electrons. The van der Waals surface area contributed by atoms with E-state index in [9.17, 15) is 10.2 Å². The molecule has 10 atom stereocenters. The zero-order valence-electron chi connectivity index (χ0n) is 20.9. The number of nitrogens with one attached hydrogen (secondary N) is 1. The molecular weight excluding hydrogens is 382 g/mol. The van der Waals surface area contributed by atoms with Crippen LogP contribution in [-0.4, -0.2) is 28.4 Å². The van der Waals surface area contributed by atoms with Gasteiger partial charge in [-0.1, -0.05) is 41.2 Å². The van der Waals surface area contributed by atoms with Crippen LogP contribution in [-0.2, 0) is 0 Å². The molecule has 0 aliphatic heterocycles. The lowest BCUT2D eigenvalue weighted by atomic mass is 9.43. The van der Waals surface area contributed by atoms with Gasteiger partial charge in [0.15, 0.2) is 0 Å². The first-order valence-corrected chi connectivity index (χ1v) is 13.4. The molecule has 0 amide bonds. The molecule has 0 radical (unpaired) electrons. The minimum Gasteiger partial charge on any atom is -0.513 e. The number of fused-ring (bicyclic) bond motifs is 5. The first-order valence-electron chi connectivity index (χ1n) is 13.4. The predicted octanol–water partition coefficient (Wildman–Crippen LogP) is 6.47. The van der Waals surface area contributed by atoms with Crippen molar-refractivity contribution < 1.29 is 10.2 Å². The molecule has 3 heteroatoms. The zero-order valence-corrected chi connectivity index (χ0v) is 20.9. The quantitative estimate of drug-likeness (QED) is 0.422. The Kier molecular flexibility index (Phi) is 6.60. The molecule has 4 aliphatic carbocycles. The molecule has 1 unspecified atom stereocenters. The molecule has 0 aromatic heterocycles. The third kappa shape index (κ3) is 4.12. The van der Waals surface area contributed by atoms with Gasteiger partial charge in [0.2, 0.25) is 0 Å². The summed E-state index contributed by atoms with van der Waals surface area (Å²) in [6.07, 6.45) is 11.7. The van der Waals surface area contributed by atoms with Crippen molar-refractivity contribution in [1.29, 1.82) is 0 Å². The largest absolute Gasteiger partial charge is 0.513 e. The van der Waals surface area contributed by atoms with Crippen molar-refractivity contribution in [2.45, 2.75) is 117 Å². The molecule has 4 saturated carbocycles. The third-order valence-electron chi connectivity index (χ3n) is 10.9. The van der Waals surface area contributed by atoms with Crippen LogP contribution in [0, 0.1) is 46.3 Å². The van der Waals surface area contributed by atoms with Crippen molar-refractivity contribution in [1.82, 2.24) is 5.32 Å². The van der Waals surface area contributed by atoms with E-state index >= 15 is 0 Å². The van der Waals surface area contributed by atoms with Gasteiger partial charge in [0.25, 0.3) is 0 Å². The van der Waals surface area contributed by atoms with Crippen LogP contribution in [0.2, 0.25) is 0 Å². The number of rotatable bonds is 6. The molecule has 31 heavy (non-hydrogen) atoms. The fraction of sp³-hybridized carbons (Fsp3) is 0.929. The standard InChI is InChI=1S/C28H49NO2/c1-17(2)29-25-16-20-15-21(31)11-13-27(20,5)24-12-14-28(6)22(9-10-23(28)26(24)25)18(3)7-8-19(4)30/h17-18,20-26,29-31H,4,7-16H2,1-3,5-6H3/t18-,20+,21-,22-,23+,24+,25?,26+,27+,28-/m1/s1. The van der Waals surface area contributed by atoms with Gasteiger partial charge in [-0.15, -0.1) is 0 Å². The average Bonchev–Trinajstić information content (AvgIpc) is 3.04. The van der Waals surface area contributed by atoms with Crippen molar-refractivity contribution in [3.8, 4) is 0 Å². The minimum absolute atomic E-state index is 0.0823. The van der Waals surface area contributed by atoms with Crippen LogP contribution in [0.15, 0.2) is 12.3 Å². The van der Waals surface area contributed by atoms with E-state index in [2.05, 4.69) is 46.5 Å². The maximum absolute atomic E-state index is 10.5. The van der Waals surface area contributed by atoms with Crippen molar-refractivity contribution in [2.75, 3.05) is 0 Å². The number of hydrogen-bond donors (Lipinski definition) is 3. The maximum Gasteiger partial charge on any atom is 0.0851 e. The highest BCUT2D eigenvalue weighted by Crippen LogP contribution is 2.68. The number of allylic oxidation sites excluding steroid dienone is 1. The lowest BCUT2D eigenvalue weighted by Crippen LogP contribution is -2.62. The van der Waals surface area contributed by atoms with Crippen LogP contribution < -0.4 is 5.32 Å². The molecule has 0 heterocycles. The Balaban J connectivity index is 1.61. The third-order valence-corrected chi connectivity index (χ3v) is 10.9. The first-order chi connectivity index (χ1) is 14.6. The van der Waals surface area contributed by atoms with Crippen LogP contribution in [0.1, 0.15) is 98.8 Å². The van der Waals surface area contributed by atoms with E-state index < -0.39 is 0 Å².